The van der Waals surface area contributed by atoms with Crippen LogP contribution in [-0.4, -0.2) is 44.0 Å². The van der Waals surface area contributed by atoms with E-state index in [1.54, 1.807) is 28.0 Å². The standard InChI is InChI=1S/C25H23N3O4/c1-26-24(30)22-15-28(20-10-4-5-12-21(20)32-22)25(31)17-13-23(29)27(14-17)19-11-6-8-16-7-2-3-9-18(16)19/h2-12,17,22H,13-15H2,1H3,(H,26,30)/t17-,22-/m1/s1. The minimum absolute atomic E-state index is 0.0795. The molecule has 3 aromatic rings. The summed E-state index contributed by atoms with van der Waals surface area (Å²) in [4.78, 5) is 42.0. The van der Waals surface area contributed by atoms with E-state index in [1.807, 2.05) is 48.5 Å². The van der Waals surface area contributed by atoms with Crippen LogP contribution in [0.25, 0.3) is 10.8 Å². The molecule has 0 aromatic heterocycles. The Balaban J connectivity index is 1.44. The van der Waals surface area contributed by atoms with Gasteiger partial charge >= 0.3 is 0 Å². The molecule has 0 radical (unpaired) electrons. The molecular formula is C25H23N3O4. The van der Waals surface area contributed by atoms with Crippen molar-refractivity contribution in [2.75, 3.05) is 29.9 Å². The predicted molar refractivity (Wildman–Crippen MR) is 122 cm³/mol. The Morgan fingerprint density at radius 1 is 0.938 bits per heavy atom. The van der Waals surface area contributed by atoms with Gasteiger partial charge in [0.05, 0.1) is 23.8 Å². The molecule has 0 aliphatic carbocycles. The van der Waals surface area contributed by atoms with Crippen molar-refractivity contribution in [3.05, 3.63) is 66.7 Å². The van der Waals surface area contributed by atoms with E-state index >= 15 is 0 Å². The third kappa shape index (κ3) is 3.36. The molecular weight excluding hydrogens is 406 g/mol. The minimum atomic E-state index is -0.801. The number of hydrogen-bond donors (Lipinski definition) is 1. The zero-order valence-corrected chi connectivity index (χ0v) is 17.7. The van der Waals surface area contributed by atoms with Gasteiger partial charge in [-0.3, -0.25) is 14.4 Å². The first kappa shape index (κ1) is 20.1. The third-order valence-electron chi connectivity index (χ3n) is 6.11. The van der Waals surface area contributed by atoms with E-state index in [2.05, 4.69) is 5.32 Å². The molecule has 1 N–H and O–H groups in total. The second-order valence-electron chi connectivity index (χ2n) is 8.04. The molecule has 0 spiro atoms. The summed E-state index contributed by atoms with van der Waals surface area (Å²) in [6, 6.07) is 20.9. The molecule has 2 aliphatic rings. The number of para-hydroxylation sites is 2. The Morgan fingerprint density at radius 3 is 2.50 bits per heavy atom. The van der Waals surface area contributed by atoms with Gasteiger partial charge in [0.1, 0.15) is 5.75 Å². The van der Waals surface area contributed by atoms with E-state index in [0.29, 0.717) is 18.0 Å². The first-order valence-corrected chi connectivity index (χ1v) is 10.6. The van der Waals surface area contributed by atoms with Gasteiger partial charge in [-0.1, -0.05) is 48.5 Å². The van der Waals surface area contributed by atoms with Gasteiger partial charge in [0.15, 0.2) is 6.10 Å². The molecule has 7 heteroatoms. The Hall–Kier alpha value is -3.87. The number of hydrogen-bond acceptors (Lipinski definition) is 4. The number of fused-ring (bicyclic) bond motifs is 2. The number of carbonyl (C=O) groups is 3. The van der Waals surface area contributed by atoms with Crippen LogP contribution in [0, 0.1) is 5.92 Å². The molecule has 1 saturated heterocycles. The minimum Gasteiger partial charge on any atom is -0.477 e. The molecule has 0 saturated carbocycles. The van der Waals surface area contributed by atoms with E-state index in [9.17, 15) is 14.4 Å². The molecule has 1 fully saturated rings. The van der Waals surface area contributed by atoms with Crippen LogP contribution in [0.4, 0.5) is 11.4 Å². The summed E-state index contributed by atoms with van der Waals surface area (Å²) >= 11 is 0. The largest absolute Gasteiger partial charge is 0.477 e. The van der Waals surface area contributed by atoms with Crippen LogP contribution in [0.5, 0.6) is 5.75 Å². The van der Waals surface area contributed by atoms with Crippen LogP contribution >= 0.6 is 0 Å². The van der Waals surface area contributed by atoms with E-state index in [-0.39, 0.29) is 30.7 Å². The van der Waals surface area contributed by atoms with Crippen LogP contribution in [-0.2, 0) is 14.4 Å². The van der Waals surface area contributed by atoms with Crippen molar-refractivity contribution in [3.8, 4) is 5.75 Å². The first-order valence-electron chi connectivity index (χ1n) is 10.6. The van der Waals surface area contributed by atoms with Gasteiger partial charge in [-0.15, -0.1) is 0 Å². The van der Waals surface area contributed by atoms with Gasteiger partial charge in [0.25, 0.3) is 5.91 Å². The average molecular weight is 429 g/mol. The van der Waals surface area contributed by atoms with E-state index in [4.69, 9.17) is 4.74 Å². The number of carbonyl (C=O) groups excluding carboxylic acids is 3. The number of benzene rings is 3. The number of nitrogens with one attached hydrogen (secondary N) is 1. The number of likely N-dealkylation sites (N-methyl/N-ethyl adjacent to an activating group) is 1. The van der Waals surface area contributed by atoms with Crippen molar-refractivity contribution in [1.82, 2.24) is 5.32 Å². The summed E-state index contributed by atoms with van der Waals surface area (Å²) in [5.41, 5.74) is 1.43. The van der Waals surface area contributed by atoms with Crippen molar-refractivity contribution < 1.29 is 19.1 Å². The maximum Gasteiger partial charge on any atom is 0.262 e. The van der Waals surface area contributed by atoms with Gasteiger partial charge in [-0.05, 0) is 23.6 Å². The number of amides is 3. The van der Waals surface area contributed by atoms with E-state index in [1.165, 1.54) is 7.05 Å². The quantitative estimate of drug-likeness (QED) is 0.695. The SMILES string of the molecule is CNC(=O)[C@H]1CN(C(=O)[C@@H]2CC(=O)N(c3cccc4ccccc34)C2)c2ccccc2O1. The smallest absolute Gasteiger partial charge is 0.262 e. The highest BCUT2D eigenvalue weighted by Gasteiger charge is 2.41. The average Bonchev–Trinajstić information content (AvgIpc) is 3.23. The fourth-order valence-corrected chi connectivity index (χ4v) is 4.51. The number of anilines is 2. The molecule has 3 aromatic carbocycles. The van der Waals surface area contributed by atoms with Gasteiger partial charge in [-0.2, -0.15) is 0 Å². The summed E-state index contributed by atoms with van der Waals surface area (Å²) in [6.45, 7) is 0.407. The van der Waals surface area contributed by atoms with Gasteiger partial charge in [0.2, 0.25) is 11.8 Å². The van der Waals surface area contributed by atoms with Crippen molar-refractivity contribution >= 4 is 39.9 Å². The maximum absolute atomic E-state index is 13.6. The fraction of sp³-hybridized carbons (Fsp3) is 0.240. The molecule has 0 unspecified atom stereocenters. The normalized spacial score (nSPS) is 20.1. The van der Waals surface area contributed by atoms with Crippen molar-refractivity contribution in [2.45, 2.75) is 12.5 Å². The lowest BCUT2D eigenvalue weighted by Crippen LogP contribution is -2.51. The van der Waals surface area contributed by atoms with Crippen molar-refractivity contribution in [2.24, 2.45) is 5.92 Å². The van der Waals surface area contributed by atoms with Crippen molar-refractivity contribution in [1.29, 1.82) is 0 Å². The highest BCUT2D eigenvalue weighted by atomic mass is 16.5. The summed E-state index contributed by atoms with van der Waals surface area (Å²) in [7, 11) is 1.54. The Labute approximate surface area is 185 Å². The topological polar surface area (TPSA) is 79.0 Å². The van der Waals surface area contributed by atoms with E-state index in [0.717, 1.165) is 16.5 Å². The highest BCUT2D eigenvalue weighted by Crippen LogP contribution is 2.37. The first-order chi connectivity index (χ1) is 15.6. The van der Waals surface area contributed by atoms with Crippen LogP contribution in [0.1, 0.15) is 6.42 Å². The van der Waals surface area contributed by atoms with Gasteiger partial charge < -0.3 is 19.9 Å². The maximum atomic E-state index is 13.6. The molecule has 32 heavy (non-hydrogen) atoms. The third-order valence-corrected chi connectivity index (χ3v) is 6.11. The van der Waals surface area contributed by atoms with Crippen LogP contribution in [0.15, 0.2) is 66.7 Å². The Bertz CT molecular complexity index is 1220. The molecule has 5 rings (SSSR count). The summed E-state index contributed by atoms with van der Waals surface area (Å²) < 4.78 is 5.80. The molecule has 0 bridgehead atoms. The molecule has 3 amide bonds. The van der Waals surface area contributed by atoms with Crippen molar-refractivity contribution in [3.63, 3.8) is 0 Å². The Morgan fingerprint density at radius 2 is 1.66 bits per heavy atom. The zero-order valence-electron chi connectivity index (χ0n) is 17.7. The molecule has 2 atom stereocenters. The molecule has 162 valence electrons. The molecule has 7 nitrogen and oxygen atoms in total. The summed E-state index contributed by atoms with van der Waals surface area (Å²) in [5, 5.41) is 4.61. The monoisotopic (exact) mass is 429 g/mol. The lowest BCUT2D eigenvalue weighted by molar-refractivity contribution is -0.128. The van der Waals surface area contributed by atoms with Crippen LogP contribution < -0.4 is 19.9 Å². The fourth-order valence-electron chi connectivity index (χ4n) is 4.51. The summed E-state index contributed by atoms with van der Waals surface area (Å²) in [5.74, 6) is -0.569. The number of ether oxygens (including phenoxy) is 1. The van der Waals surface area contributed by atoms with Gasteiger partial charge in [-0.25, -0.2) is 0 Å². The number of rotatable bonds is 3. The van der Waals surface area contributed by atoms with E-state index < -0.39 is 12.0 Å². The zero-order chi connectivity index (χ0) is 22.2. The lowest BCUT2D eigenvalue weighted by atomic mass is 10.0. The second kappa shape index (κ2) is 8.00. The lowest BCUT2D eigenvalue weighted by Gasteiger charge is -2.35. The second-order valence-corrected chi connectivity index (χ2v) is 8.04. The van der Waals surface area contributed by atoms with Crippen LogP contribution in [0.2, 0.25) is 0 Å². The molecule has 2 heterocycles. The predicted octanol–water partition coefficient (Wildman–Crippen LogP) is 2.73. The van der Waals surface area contributed by atoms with Crippen LogP contribution in [0.3, 0.4) is 0 Å². The highest BCUT2D eigenvalue weighted by molar-refractivity contribution is 6.09. The number of nitrogens with zero attached hydrogens (tertiary/aromatic N) is 2. The Kier molecular flexibility index (Phi) is 5.01. The molecule has 2 aliphatic heterocycles. The summed E-state index contributed by atoms with van der Waals surface area (Å²) in [6.07, 6.45) is -0.670. The van der Waals surface area contributed by atoms with Gasteiger partial charge in [0, 0.05) is 25.4 Å².